The van der Waals surface area contributed by atoms with Gasteiger partial charge in [0, 0.05) is 35.8 Å². The molecule has 148 valence electrons. The summed E-state index contributed by atoms with van der Waals surface area (Å²) in [4.78, 5) is 23.6. The zero-order chi connectivity index (χ0) is 20.2. The lowest BCUT2D eigenvalue weighted by Gasteiger charge is -2.32. The molecule has 1 fully saturated rings. The van der Waals surface area contributed by atoms with Crippen LogP contribution < -0.4 is 0 Å². The number of carbonyl (C=O) groups is 1. The molecular formula is C23H21ClFN3O. The molecule has 2 heterocycles. The van der Waals surface area contributed by atoms with E-state index < -0.39 is 0 Å². The van der Waals surface area contributed by atoms with E-state index in [4.69, 9.17) is 16.6 Å². The summed E-state index contributed by atoms with van der Waals surface area (Å²) < 4.78 is 13.0. The molecular weight excluding hydrogens is 389 g/mol. The number of amides is 1. The van der Waals surface area contributed by atoms with Gasteiger partial charge >= 0.3 is 0 Å². The van der Waals surface area contributed by atoms with Crippen molar-refractivity contribution in [2.75, 3.05) is 13.1 Å². The highest BCUT2D eigenvalue weighted by Crippen LogP contribution is 2.29. The highest BCUT2D eigenvalue weighted by atomic mass is 35.5. The second kappa shape index (κ2) is 8.70. The number of rotatable bonds is 4. The van der Waals surface area contributed by atoms with Crippen LogP contribution in [0.4, 0.5) is 4.39 Å². The molecule has 6 heteroatoms. The van der Waals surface area contributed by atoms with Gasteiger partial charge in [0.2, 0.25) is 5.91 Å². The van der Waals surface area contributed by atoms with Gasteiger partial charge in [0.05, 0.1) is 24.0 Å². The molecule has 4 rings (SSSR count). The van der Waals surface area contributed by atoms with Crippen LogP contribution in [-0.2, 0) is 11.2 Å². The monoisotopic (exact) mass is 409 g/mol. The van der Waals surface area contributed by atoms with Crippen molar-refractivity contribution in [1.82, 2.24) is 14.9 Å². The number of nitrogens with zero attached hydrogens (tertiary/aromatic N) is 3. The summed E-state index contributed by atoms with van der Waals surface area (Å²) in [5, 5.41) is 0.669. The van der Waals surface area contributed by atoms with Crippen molar-refractivity contribution >= 4 is 17.5 Å². The van der Waals surface area contributed by atoms with Crippen LogP contribution in [0.2, 0.25) is 5.02 Å². The Morgan fingerprint density at radius 2 is 1.86 bits per heavy atom. The maximum absolute atomic E-state index is 13.0. The second-order valence-electron chi connectivity index (χ2n) is 7.30. The molecule has 2 aromatic carbocycles. The van der Waals surface area contributed by atoms with Gasteiger partial charge in [0.1, 0.15) is 5.82 Å². The summed E-state index contributed by atoms with van der Waals surface area (Å²) in [6.07, 6.45) is 5.56. The van der Waals surface area contributed by atoms with Crippen LogP contribution in [0.25, 0.3) is 11.3 Å². The fraction of sp³-hybridized carbons (Fsp3) is 0.261. The largest absolute Gasteiger partial charge is 0.342 e. The van der Waals surface area contributed by atoms with Crippen molar-refractivity contribution in [3.8, 4) is 11.3 Å². The number of carbonyl (C=O) groups excluding carboxylic acids is 1. The third-order valence-electron chi connectivity index (χ3n) is 5.31. The van der Waals surface area contributed by atoms with E-state index in [9.17, 15) is 9.18 Å². The van der Waals surface area contributed by atoms with E-state index in [0.29, 0.717) is 24.5 Å². The normalized spacial score (nSPS) is 14.8. The maximum atomic E-state index is 13.0. The zero-order valence-electron chi connectivity index (χ0n) is 15.9. The summed E-state index contributed by atoms with van der Waals surface area (Å²) in [6.45, 7) is 1.38. The zero-order valence-corrected chi connectivity index (χ0v) is 16.6. The minimum atomic E-state index is -0.289. The Morgan fingerprint density at radius 1 is 1.10 bits per heavy atom. The number of hydrogen-bond acceptors (Lipinski definition) is 3. The van der Waals surface area contributed by atoms with Gasteiger partial charge in [-0.3, -0.25) is 9.78 Å². The molecule has 0 aliphatic carbocycles. The molecule has 1 saturated heterocycles. The van der Waals surface area contributed by atoms with Crippen LogP contribution in [0.3, 0.4) is 0 Å². The Labute approximate surface area is 174 Å². The van der Waals surface area contributed by atoms with E-state index in [1.165, 1.54) is 12.1 Å². The van der Waals surface area contributed by atoms with Crippen molar-refractivity contribution in [3.63, 3.8) is 0 Å². The van der Waals surface area contributed by atoms with E-state index in [-0.39, 0.29) is 17.6 Å². The first-order chi connectivity index (χ1) is 14.1. The Hall–Kier alpha value is -2.79. The first-order valence-corrected chi connectivity index (χ1v) is 10.1. The van der Waals surface area contributed by atoms with Gasteiger partial charge in [-0.05, 0) is 42.7 Å². The lowest BCUT2D eigenvalue weighted by atomic mass is 9.93. The average Bonchev–Trinajstić information content (AvgIpc) is 2.75. The Bertz CT molecular complexity index is 1000. The fourth-order valence-corrected chi connectivity index (χ4v) is 3.87. The van der Waals surface area contributed by atoms with Crippen molar-refractivity contribution < 1.29 is 9.18 Å². The molecule has 1 aromatic heterocycles. The van der Waals surface area contributed by atoms with Crippen LogP contribution >= 0.6 is 11.6 Å². The van der Waals surface area contributed by atoms with Crippen molar-refractivity contribution in [3.05, 3.63) is 83.0 Å². The summed E-state index contributed by atoms with van der Waals surface area (Å²) in [7, 11) is 0. The number of hydrogen-bond donors (Lipinski definition) is 0. The second-order valence-corrected chi connectivity index (χ2v) is 7.73. The van der Waals surface area contributed by atoms with E-state index in [2.05, 4.69) is 4.98 Å². The van der Waals surface area contributed by atoms with Gasteiger partial charge in [0.25, 0.3) is 0 Å². The van der Waals surface area contributed by atoms with Crippen molar-refractivity contribution in [2.45, 2.75) is 25.2 Å². The molecule has 0 spiro atoms. The van der Waals surface area contributed by atoms with Gasteiger partial charge in [-0.25, -0.2) is 9.37 Å². The van der Waals surface area contributed by atoms with E-state index in [1.807, 2.05) is 35.4 Å². The number of benzene rings is 2. The lowest BCUT2D eigenvalue weighted by Crippen LogP contribution is -2.39. The molecule has 0 unspecified atom stereocenters. The van der Waals surface area contributed by atoms with Gasteiger partial charge in [-0.15, -0.1) is 0 Å². The standard InChI is InChI=1S/C23H21ClFN3O/c24-19-3-1-2-18(13-19)22-15-26-14-21(27-22)17-8-10-28(11-9-17)23(29)12-16-4-6-20(25)7-5-16/h1-7,13-15,17H,8-12H2. The van der Waals surface area contributed by atoms with Gasteiger partial charge in [0.15, 0.2) is 0 Å². The molecule has 0 N–H and O–H groups in total. The molecule has 1 aliphatic heterocycles. The molecule has 0 radical (unpaired) electrons. The summed E-state index contributed by atoms with van der Waals surface area (Å²) in [5.41, 5.74) is 3.53. The molecule has 0 bridgehead atoms. The molecule has 1 aliphatic rings. The topological polar surface area (TPSA) is 46.1 Å². The minimum absolute atomic E-state index is 0.0776. The smallest absolute Gasteiger partial charge is 0.226 e. The SMILES string of the molecule is O=C(Cc1ccc(F)cc1)N1CCC(c2cncc(-c3cccc(Cl)c3)n2)CC1. The predicted octanol–water partition coefficient (Wildman–Crippen LogP) is 4.88. The van der Waals surface area contributed by atoms with Gasteiger partial charge < -0.3 is 4.90 Å². The minimum Gasteiger partial charge on any atom is -0.342 e. The number of aromatic nitrogens is 2. The Morgan fingerprint density at radius 3 is 2.59 bits per heavy atom. The van der Waals surface area contributed by atoms with Crippen LogP contribution in [0, 0.1) is 5.82 Å². The van der Waals surface area contributed by atoms with Crippen molar-refractivity contribution in [1.29, 1.82) is 0 Å². The molecule has 29 heavy (non-hydrogen) atoms. The first-order valence-electron chi connectivity index (χ1n) is 9.68. The molecule has 0 saturated carbocycles. The highest BCUT2D eigenvalue weighted by molar-refractivity contribution is 6.30. The number of piperidine rings is 1. The van der Waals surface area contributed by atoms with E-state index in [0.717, 1.165) is 35.4 Å². The van der Waals surface area contributed by atoms with Crippen LogP contribution in [0.5, 0.6) is 0 Å². The summed E-state index contributed by atoms with van der Waals surface area (Å²) >= 11 is 6.09. The molecule has 4 nitrogen and oxygen atoms in total. The predicted molar refractivity (Wildman–Crippen MR) is 111 cm³/mol. The Kier molecular flexibility index (Phi) is 5.86. The summed E-state index contributed by atoms with van der Waals surface area (Å²) in [5.74, 6) is 0.0634. The fourth-order valence-electron chi connectivity index (χ4n) is 3.68. The van der Waals surface area contributed by atoms with Gasteiger partial charge in [-0.1, -0.05) is 35.9 Å². The first kappa shape index (κ1) is 19.5. The Balaban J connectivity index is 1.39. The van der Waals surface area contributed by atoms with Crippen LogP contribution in [-0.4, -0.2) is 33.9 Å². The number of halogens is 2. The van der Waals surface area contributed by atoms with Gasteiger partial charge in [-0.2, -0.15) is 0 Å². The molecule has 3 aromatic rings. The third kappa shape index (κ3) is 4.80. The lowest BCUT2D eigenvalue weighted by molar-refractivity contribution is -0.131. The van der Waals surface area contributed by atoms with Crippen molar-refractivity contribution in [2.24, 2.45) is 0 Å². The third-order valence-corrected chi connectivity index (χ3v) is 5.54. The highest BCUT2D eigenvalue weighted by Gasteiger charge is 2.25. The van der Waals surface area contributed by atoms with E-state index >= 15 is 0 Å². The average molecular weight is 410 g/mol. The van der Waals surface area contributed by atoms with Crippen LogP contribution in [0.15, 0.2) is 60.9 Å². The molecule has 0 atom stereocenters. The maximum Gasteiger partial charge on any atom is 0.226 e. The summed E-state index contributed by atoms with van der Waals surface area (Å²) in [6, 6.07) is 13.7. The van der Waals surface area contributed by atoms with Crippen LogP contribution in [0.1, 0.15) is 30.0 Å². The number of likely N-dealkylation sites (tertiary alicyclic amines) is 1. The quantitative estimate of drug-likeness (QED) is 0.616. The van der Waals surface area contributed by atoms with E-state index in [1.54, 1.807) is 18.3 Å². The molecule has 1 amide bonds.